The van der Waals surface area contributed by atoms with Gasteiger partial charge in [0.05, 0.1) is 5.56 Å². The second kappa shape index (κ2) is 7.90. The predicted octanol–water partition coefficient (Wildman–Crippen LogP) is 4.12. The van der Waals surface area contributed by atoms with Crippen LogP contribution in [0.4, 0.5) is 17.6 Å². The van der Waals surface area contributed by atoms with Gasteiger partial charge < -0.3 is 4.52 Å². The van der Waals surface area contributed by atoms with Gasteiger partial charge in [-0.1, -0.05) is 29.4 Å². The van der Waals surface area contributed by atoms with Crippen LogP contribution in [0.25, 0.3) is 28.4 Å². The molecule has 5 aromatic rings. The minimum Gasteiger partial charge on any atom is -0.337 e. The van der Waals surface area contributed by atoms with E-state index in [4.69, 9.17) is 4.52 Å². The van der Waals surface area contributed by atoms with E-state index in [1.54, 1.807) is 19.1 Å². The molecule has 0 saturated carbocycles. The van der Waals surface area contributed by atoms with Crippen molar-refractivity contribution in [2.45, 2.75) is 19.6 Å². The van der Waals surface area contributed by atoms with Crippen molar-refractivity contribution in [2.24, 2.45) is 0 Å². The highest BCUT2D eigenvalue weighted by atomic mass is 19.4. The molecular formula is C22H14F4N6O2. The Morgan fingerprint density at radius 1 is 1.00 bits per heavy atom. The van der Waals surface area contributed by atoms with Crippen molar-refractivity contribution in [3.63, 3.8) is 0 Å². The lowest BCUT2D eigenvalue weighted by Gasteiger charge is -2.08. The summed E-state index contributed by atoms with van der Waals surface area (Å²) in [5.74, 6) is -0.107. The molecule has 0 aliphatic rings. The van der Waals surface area contributed by atoms with Gasteiger partial charge >= 0.3 is 11.9 Å². The number of fused-ring (bicyclic) bond motifs is 1. The molecule has 0 radical (unpaired) electrons. The number of hydrogen-bond acceptors (Lipinski definition) is 6. The van der Waals surface area contributed by atoms with Gasteiger partial charge in [-0.2, -0.15) is 18.2 Å². The van der Waals surface area contributed by atoms with Crippen molar-refractivity contribution in [2.75, 3.05) is 0 Å². The zero-order valence-corrected chi connectivity index (χ0v) is 17.4. The van der Waals surface area contributed by atoms with Crippen molar-refractivity contribution < 1.29 is 22.1 Å². The molecule has 3 aromatic heterocycles. The van der Waals surface area contributed by atoms with Crippen LogP contribution in [0.3, 0.4) is 0 Å². The first-order valence-electron chi connectivity index (χ1n) is 9.92. The number of aryl methyl sites for hydroxylation is 1. The molecule has 0 aliphatic carbocycles. The maximum atomic E-state index is 13.5. The van der Waals surface area contributed by atoms with Gasteiger partial charge in [0, 0.05) is 22.9 Å². The fourth-order valence-electron chi connectivity index (χ4n) is 3.45. The van der Waals surface area contributed by atoms with E-state index in [2.05, 4.69) is 20.2 Å². The second-order valence-electron chi connectivity index (χ2n) is 7.45. The quantitative estimate of drug-likeness (QED) is 0.367. The third kappa shape index (κ3) is 3.93. The summed E-state index contributed by atoms with van der Waals surface area (Å²) >= 11 is 0. The van der Waals surface area contributed by atoms with Crippen LogP contribution in [0, 0.1) is 12.7 Å². The summed E-state index contributed by atoms with van der Waals surface area (Å²) < 4.78 is 59.7. The molecule has 0 unspecified atom stereocenters. The Labute approximate surface area is 188 Å². The maximum Gasteiger partial charge on any atom is 0.416 e. The molecule has 2 aromatic carbocycles. The summed E-state index contributed by atoms with van der Waals surface area (Å²) in [6.45, 7) is 1.51. The lowest BCUT2D eigenvalue weighted by Crippen LogP contribution is -2.23. The van der Waals surface area contributed by atoms with Crippen molar-refractivity contribution in [1.82, 2.24) is 29.3 Å². The Hall–Kier alpha value is -4.35. The van der Waals surface area contributed by atoms with Gasteiger partial charge in [0.2, 0.25) is 11.7 Å². The number of benzene rings is 2. The largest absolute Gasteiger partial charge is 0.416 e. The third-order valence-corrected chi connectivity index (χ3v) is 5.00. The SMILES string of the molecule is Cc1cc2nn(Cc3nc(-c4cccc(F)c4)no3)c(=O)n2c(-c2ccc(C(F)(F)F)cc2)n1. The van der Waals surface area contributed by atoms with E-state index in [0.717, 1.165) is 16.8 Å². The van der Waals surface area contributed by atoms with E-state index in [9.17, 15) is 22.4 Å². The molecule has 0 aliphatic heterocycles. The minimum absolute atomic E-state index is 0.0607. The standard InChI is InChI=1S/C22H14F4N6O2/c1-12-9-17-29-31(11-18-28-19(30-34-18)14-3-2-4-16(23)10-14)21(33)32(17)20(27-12)13-5-7-15(8-6-13)22(24,25)26/h2-10H,11H2,1H3. The zero-order valence-electron chi connectivity index (χ0n) is 17.4. The number of nitrogens with zero attached hydrogens (tertiary/aromatic N) is 6. The number of rotatable bonds is 4. The van der Waals surface area contributed by atoms with Crippen LogP contribution in [-0.4, -0.2) is 29.3 Å². The van der Waals surface area contributed by atoms with E-state index in [0.29, 0.717) is 16.8 Å². The Bertz CT molecular complexity index is 1570. The van der Waals surface area contributed by atoms with Gasteiger partial charge in [-0.15, -0.1) is 5.10 Å². The van der Waals surface area contributed by atoms with Gasteiger partial charge in [-0.05, 0) is 31.2 Å². The molecule has 0 bridgehead atoms. The Balaban J connectivity index is 1.53. The maximum absolute atomic E-state index is 13.5. The van der Waals surface area contributed by atoms with E-state index in [1.807, 2.05) is 0 Å². The lowest BCUT2D eigenvalue weighted by atomic mass is 10.1. The summed E-state index contributed by atoms with van der Waals surface area (Å²) in [6, 6.07) is 11.6. The highest BCUT2D eigenvalue weighted by Gasteiger charge is 2.30. The lowest BCUT2D eigenvalue weighted by molar-refractivity contribution is -0.137. The van der Waals surface area contributed by atoms with Gasteiger partial charge in [-0.25, -0.2) is 23.3 Å². The van der Waals surface area contributed by atoms with Gasteiger partial charge in [0.15, 0.2) is 5.65 Å². The van der Waals surface area contributed by atoms with Crippen molar-refractivity contribution in [3.8, 4) is 22.8 Å². The number of halogens is 4. The summed E-state index contributed by atoms with van der Waals surface area (Å²) in [5.41, 5.74) is 0.0795. The van der Waals surface area contributed by atoms with Gasteiger partial charge in [0.25, 0.3) is 0 Å². The van der Waals surface area contributed by atoms with Gasteiger partial charge in [0.1, 0.15) is 18.2 Å². The molecule has 34 heavy (non-hydrogen) atoms. The van der Waals surface area contributed by atoms with Crippen LogP contribution >= 0.6 is 0 Å². The Kier molecular flexibility index (Phi) is 5.00. The zero-order chi connectivity index (χ0) is 24.0. The van der Waals surface area contributed by atoms with Crippen LogP contribution in [0.2, 0.25) is 0 Å². The molecule has 0 saturated heterocycles. The van der Waals surface area contributed by atoms with Crippen LogP contribution < -0.4 is 5.69 Å². The molecule has 172 valence electrons. The molecule has 0 N–H and O–H groups in total. The summed E-state index contributed by atoms with van der Waals surface area (Å²) in [4.78, 5) is 21.6. The predicted molar refractivity (Wildman–Crippen MR) is 111 cm³/mol. The molecule has 3 heterocycles. The number of aromatic nitrogens is 6. The Morgan fingerprint density at radius 2 is 1.76 bits per heavy atom. The topological polar surface area (TPSA) is 91.1 Å². The molecule has 0 spiro atoms. The minimum atomic E-state index is -4.48. The van der Waals surface area contributed by atoms with Gasteiger partial charge in [-0.3, -0.25) is 0 Å². The van der Waals surface area contributed by atoms with Crippen LogP contribution in [0.5, 0.6) is 0 Å². The molecule has 0 atom stereocenters. The highest BCUT2D eigenvalue weighted by Crippen LogP contribution is 2.30. The summed E-state index contributed by atoms with van der Waals surface area (Å²) in [6.07, 6.45) is -4.48. The molecule has 5 rings (SSSR count). The average Bonchev–Trinajstić information content (AvgIpc) is 3.38. The smallest absolute Gasteiger partial charge is 0.337 e. The molecule has 0 amide bonds. The average molecular weight is 470 g/mol. The molecule has 12 heteroatoms. The molecular weight excluding hydrogens is 456 g/mol. The normalized spacial score (nSPS) is 11.9. The number of hydrogen-bond donors (Lipinski definition) is 0. The first-order chi connectivity index (χ1) is 16.2. The summed E-state index contributed by atoms with van der Waals surface area (Å²) in [5, 5.41) is 8.07. The van der Waals surface area contributed by atoms with Crippen LogP contribution in [0.15, 0.2) is 63.9 Å². The molecule has 0 fully saturated rings. The Morgan fingerprint density at radius 3 is 2.47 bits per heavy atom. The second-order valence-corrected chi connectivity index (χ2v) is 7.45. The van der Waals surface area contributed by atoms with Crippen molar-refractivity contribution in [3.05, 3.63) is 88.0 Å². The van der Waals surface area contributed by atoms with Crippen LogP contribution in [0.1, 0.15) is 17.1 Å². The molecule has 8 nitrogen and oxygen atoms in total. The first kappa shape index (κ1) is 21.5. The first-order valence-corrected chi connectivity index (χ1v) is 9.92. The van der Waals surface area contributed by atoms with E-state index in [1.165, 1.54) is 34.7 Å². The number of alkyl halides is 3. The van der Waals surface area contributed by atoms with Crippen molar-refractivity contribution in [1.29, 1.82) is 0 Å². The fraction of sp³-hybridized carbons (Fsp3) is 0.136. The van der Waals surface area contributed by atoms with E-state index < -0.39 is 23.2 Å². The van der Waals surface area contributed by atoms with E-state index >= 15 is 0 Å². The van der Waals surface area contributed by atoms with Crippen LogP contribution in [-0.2, 0) is 12.7 Å². The highest BCUT2D eigenvalue weighted by molar-refractivity contribution is 5.60. The summed E-state index contributed by atoms with van der Waals surface area (Å²) in [7, 11) is 0. The van der Waals surface area contributed by atoms with E-state index in [-0.39, 0.29) is 29.7 Å². The fourth-order valence-corrected chi connectivity index (χ4v) is 3.45. The third-order valence-electron chi connectivity index (χ3n) is 5.00. The monoisotopic (exact) mass is 470 g/mol. The van der Waals surface area contributed by atoms with Crippen molar-refractivity contribution >= 4 is 5.65 Å².